The van der Waals surface area contributed by atoms with Crippen molar-refractivity contribution in [1.29, 1.82) is 0 Å². The number of anilines is 3. The lowest BCUT2D eigenvalue weighted by atomic mass is 10.1. The molecule has 1 saturated carbocycles. The normalized spacial score (nSPS) is 21.5. The summed E-state index contributed by atoms with van der Waals surface area (Å²) in [6.07, 6.45) is 1.09. The molecule has 3 atom stereocenters. The summed E-state index contributed by atoms with van der Waals surface area (Å²) in [6, 6.07) is 7.61. The molecule has 1 aliphatic heterocycles. The predicted octanol–water partition coefficient (Wildman–Crippen LogP) is 4.54. The van der Waals surface area contributed by atoms with E-state index in [-0.39, 0.29) is 18.3 Å². The topological polar surface area (TPSA) is 105 Å². The number of ether oxygens (including phenoxy) is 1. The molecule has 1 saturated heterocycles. The molecular formula is C26H26F2N6O3. The smallest absolute Gasteiger partial charge is 0.242 e. The van der Waals surface area contributed by atoms with E-state index in [4.69, 9.17) is 14.1 Å². The van der Waals surface area contributed by atoms with Crippen LogP contribution in [0.1, 0.15) is 13.3 Å². The number of hydrogen-bond acceptors (Lipinski definition) is 8. The highest BCUT2D eigenvalue weighted by atomic mass is 19.3. The van der Waals surface area contributed by atoms with E-state index in [1.54, 1.807) is 25.5 Å². The summed E-state index contributed by atoms with van der Waals surface area (Å²) < 4.78 is 37.6. The zero-order valence-corrected chi connectivity index (χ0v) is 20.4. The van der Waals surface area contributed by atoms with E-state index in [1.165, 1.54) is 0 Å². The molecule has 0 spiro atoms. The second-order valence-electron chi connectivity index (χ2n) is 9.51. The van der Waals surface area contributed by atoms with Crippen LogP contribution in [0.2, 0.25) is 0 Å². The first-order valence-electron chi connectivity index (χ1n) is 12.2. The van der Waals surface area contributed by atoms with Crippen molar-refractivity contribution in [2.24, 2.45) is 11.8 Å². The number of morpholine rings is 1. The SMILES string of the molecule is CNc1ncc(-c2nc3cc(N4CCO[C@@H](C)C4)ccc3o2)c2cc(NC(=O)[C@H]3C[C@H]3C(F)F)ncc12. The van der Waals surface area contributed by atoms with Gasteiger partial charge in [-0.15, -0.1) is 0 Å². The van der Waals surface area contributed by atoms with Gasteiger partial charge in [-0.05, 0) is 37.6 Å². The molecule has 0 radical (unpaired) electrons. The monoisotopic (exact) mass is 508 g/mol. The molecule has 4 aromatic rings. The minimum atomic E-state index is -2.50. The van der Waals surface area contributed by atoms with Gasteiger partial charge in [0.2, 0.25) is 18.2 Å². The second-order valence-corrected chi connectivity index (χ2v) is 9.51. The summed E-state index contributed by atoms with van der Waals surface area (Å²) >= 11 is 0. The largest absolute Gasteiger partial charge is 0.436 e. The number of carbonyl (C=O) groups is 1. The Labute approximate surface area is 211 Å². The summed E-state index contributed by atoms with van der Waals surface area (Å²) in [4.78, 5) is 28.3. The van der Waals surface area contributed by atoms with Crippen molar-refractivity contribution >= 4 is 45.1 Å². The van der Waals surface area contributed by atoms with Crippen LogP contribution in [0.15, 0.2) is 41.1 Å². The fourth-order valence-electron chi connectivity index (χ4n) is 4.87. The van der Waals surface area contributed by atoms with E-state index >= 15 is 0 Å². The fourth-order valence-corrected chi connectivity index (χ4v) is 4.87. The lowest BCUT2D eigenvalue weighted by Gasteiger charge is -2.32. The second kappa shape index (κ2) is 9.22. The Kier molecular flexibility index (Phi) is 5.86. The quantitative estimate of drug-likeness (QED) is 0.391. The zero-order valence-electron chi connectivity index (χ0n) is 20.4. The fraction of sp³-hybridized carbons (Fsp3) is 0.385. The van der Waals surface area contributed by atoms with Gasteiger partial charge in [0.25, 0.3) is 0 Å². The molecule has 0 unspecified atom stereocenters. The zero-order chi connectivity index (χ0) is 25.7. The van der Waals surface area contributed by atoms with Gasteiger partial charge in [-0.25, -0.2) is 23.7 Å². The molecule has 2 N–H and O–H groups in total. The number of oxazole rings is 1. The first-order valence-corrected chi connectivity index (χ1v) is 12.2. The lowest BCUT2D eigenvalue weighted by molar-refractivity contribution is -0.118. The Morgan fingerprint density at radius 1 is 1.19 bits per heavy atom. The highest BCUT2D eigenvalue weighted by molar-refractivity contribution is 6.03. The minimum Gasteiger partial charge on any atom is -0.436 e. The van der Waals surface area contributed by atoms with Crippen LogP contribution in [0, 0.1) is 11.8 Å². The van der Waals surface area contributed by atoms with Crippen LogP contribution in [0.25, 0.3) is 33.3 Å². The van der Waals surface area contributed by atoms with E-state index in [0.717, 1.165) is 18.8 Å². The number of nitrogens with zero attached hydrogens (tertiary/aromatic N) is 4. The average molecular weight is 509 g/mol. The van der Waals surface area contributed by atoms with Crippen molar-refractivity contribution in [3.8, 4) is 11.5 Å². The van der Waals surface area contributed by atoms with Gasteiger partial charge in [-0.2, -0.15) is 0 Å². The van der Waals surface area contributed by atoms with E-state index in [9.17, 15) is 13.6 Å². The molecular weight excluding hydrogens is 482 g/mol. The van der Waals surface area contributed by atoms with Gasteiger partial charge in [0.15, 0.2) is 5.58 Å². The molecule has 0 bridgehead atoms. The van der Waals surface area contributed by atoms with Gasteiger partial charge in [-0.1, -0.05) is 0 Å². The van der Waals surface area contributed by atoms with Crippen LogP contribution in [0.4, 0.5) is 26.1 Å². The Balaban J connectivity index is 1.35. The molecule has 6 rings (SSSR count). The van der Waals surface area contributed by atoms with Crippen LogP contribution in [0.3, 0.4) is 0 Å². The molecule has 1 aliphatic carbocycles. The third kappa shape index (κ3) is 4.43. The summed E-state index contributed by atoms with van der Waals surface area (Å²) in [5.74, 6) is -0.778. The van der Waals surface area contributed by atoms with Gasteiger partial charge >= 0.3 is 0 Å². The standard InChI is InChI=1S/C26H26F2N6O3/c1-13-12-34(5-6-36-13)14-3-4-21-20(7-14)32-26(37-21)19-11-31-24(29-2)18-10-30-22(9-15(18)19)33-25(35)17-8-16(17)23(27)28/h3-4,7,9-11,13,16-17,23H,5-6,8,12H2,1-2H3,(H,29,31)(H,30,33,35)/t13-,16+,17-/m0/s1. The van der Waals surface area contributed by atoms with Crippen LogP contribution in [-0.2, 0) is 9.53 Å². The van der Waals surface area contributed by atoms with Crippen LogP contribution in [-0.4, -0.2) is 60.1 Å². The Morgan fingerprint density at radius 3 is 2.81 bits per heavy atom. The molecule has 2 fully saturated rings. The highest BCUT2D eigenvalue weighted by Crippen LogP contribution is 2.44. The van der Waals surface area contributed by atoms with E-state index in [2.05, 4.69) is 32.4 Å². The Hall–Kier alpha value is -3.86. The van der Waals surface area contributed by atoms with Crippen molar-refractivity contribution in [2.75, 3.05) is 42.3 Å². The first kappa shape index (κ1) is 23.5. The number of pyridine rings is 2. The van der Waals surface area contributed by atoms with Crippen molar-refractivity contribution in [2.45, 2.75) is 25.9 Å². The van der Waals surface area contributed by atoms with Gasteiger partial charge in [-0.3, -0.25) is 4.79 Å². The number of nitrogens with one attached hydrogen (secondary N) is 2. The Morgan fingerprint density at radius 2 is 2.05 bits per heavy atom. The number of hydrogen-bond donors (Lipinski definition) is 2. The molecule has 192 valence electrons. The maximum absolute atomic E-state index is 12.9. The van der Waals surface area contributed by atoms with Crippen molar-refractivity contribution in [3.63, 3.8) is 0 Å². The molecule has 9 nitrogen and oxygen atoms in total. The number of carbonyl (C=O) groups excluding carboxylic acids is 1. The summed E-state index contributed by atoms with van der Waals surface area (Å²) in [5, 5.41) is 7.14. The molecule has 2 aliphatic rings. The van der Waals surface area contributed by atoms with Gasteiger partial charge in [0.05, 0.1) is 18.3 Å². The van der Waals surface area contributed by atoms with Crippen LogP contribution in [0.5, 0.6) is 0 Å². The highest BCUT2D eigenvalue weighted by Gasteiger charge is 2.49. The van der Waals surface area contributed by atoms with E-state index in [0.29, 0.717) is 45.8 Å². The van der Waals surface area contributed by atoms with Crippen molar-refractivity contribution < 1.29 is 22.7 Å². The minimum absolute atomic E-state index is 0.157. The summed E-state index contributed by atoms with van der Waals surface area (Å²) in [5.41, 5.74) is 3.03. The number of aromatic nitrogens is 3. The maximum atomic E-state index is 12.9. The average Bonchev–Trinajstić information content (AvgIpc) is 3.60. The third-order valence-corrected chi connectivity index (χ3v) is 6.97. The van der Waals surface area contributed by atoms with E-state index in [1.807, 2.05) is 18.2 Å². The number of amides is 1. The molecule has 3 aromatic heterocycles. The molecule has 37 heavy (non-hydrogen) atoms. The number of rotatable bonds is 6. The molecule has 1 aromatic carbocycles. The third-order valence-electron chi connectivity index (χ3n) is 6.97. The maximum Gasteiger partial charge on any atom is 0.242 e. The number of alkyl halides is 2. The number of halogens is 2. The van der Waals surface area contributed by atoms with Crippen LogP contribution < -0.4 is 15.5 Å². The lowest BCUT2D eigenvalue weighted by Crippen LogP contribution is -2.41. The molecule has 1 amide bonds. The number of benzene rings is 1. The molecule has 11 heteroatoms. The van der Waals surface area contributed by atoms with Crippen molar-refractivity contribution in [3.05, 3.63) is 36.7 Å². The summed E-state index contributed by atoms with van der Waals surface area (Å²) in [6.45, 7) is 4.34. The predicted molar refractivity (Wildman–Crippen MR) is 136 cm³/mol. The van der Waals surface area contributed by atoms with Gasteiger partial charge in [0, 0.05) is 60.8 Å². The summed E-state index contributed by atoms with van der Waals surface area (Å²) in [7, 11) is 1.75. The van der Waals surface area contributed by atoms with Gasteiger partial charge < -0.3 is 24.7 Å². The molecule has 4 heterocycles. The van der Waals surface area contributed by atoms with Crippen molar-refractivity contribution in [1.82, 2.24) is 15.0 Å². The Bertz CT molecular complexity index is 1490. The first-order chi connectivity index (χ1) is 17.9. The van der Waals surface area contributed by atoms with Crippen LogP contribution >= 0.6 is 0 Å². The van der Waals surface area contributed by atoms with Gasteiger partial charge in [0.1, 0.15) is 17.2 Å². The van der Waals surface area contributed by atoms with E-state index < -0.39 is 24.2 Å². The number of fused-ring (bicyclic) bond motifs is 2.